The van der Waals surface area contributed by atoms with Crippen molar-refractivity contribution in [3.63, 3.8) is 0 Å². The number of hydrogen-bond acceptors (Lipinski definition) is 2. The summed E-state index contributed by atoms with van der Waals surface area (Å²) in [5, 5.41) is 3.14. The molecule has 0 spiro atoms. The Bertz CT molecular complexity index is 261. The molecule has 1 saturated carbocycles. The van der Waals surface area contributed by atoms with Crippen LogP contribution in [0.2, 0.25) is 0 Å². The molecule has 0 heterocycles. The highest BCUT2D eigenvalue weighted by Crippen LogP contribution is 2.28. The first-order valence-electron chi connectivity index (χ1n) is 7.59. The van der Waals surface area contributed by atoms with Crippen LogP contribution in [0.4, 0.5) is 0 Å². The Kier molecular flexibility index (Phi) is 8.67. The van der Waals surface area contributed by atoms with Crippen LogP contribution in [0.5, 0.6) is 0 Å². The molecule has 114 valence electrons. The second kappa shape index (κ2) is 8.80. The molecule has 0 saturated heterocycles. The van der Waals surface area contributed by atoms with Crippen LogP contribution < -0.4 is 11.1 Å². The number of halogens is 1. The van der Waals surface area contributed by atoms with Crippen LogP contribution >= 0.6 is 12.4 Å². The van der Waals surface area contributed by atoms with E-state index in [4.69, 9.17) is 5.73 Å². The molecular formula is C15H31ClN2O. The first-order valence-corrected chi connectivity index (χ1v) is 7.59. The molecule has 0 aromatic heterocycles. The zero-order valence-corrected chi connectivity index (χ0v) is 13.5. The molecule has 1 unspecified atom stereocenters. The van der Waals surface area contributed by atoms with Crippen molar-refractivity contribution in [2.75, 3.05) is 0 Å². The van der Waals surface area contributed by atoms with Gasteiger partial charge in [-0.15, -0.1) is 12.4 Å². The normalized spacial score (nSPS) is 26.1. The first-order chi connectivity index (χ1) is 8.49. The van der Waals surface area contributed by atoms with Gasteiger partial charge in [0.25, 0.3) is 0 Å². The van der Waals surface area contributed by atoms with Gasteiger partial charge in [0.1, 0.15) is 0 Å². The van der Waals surface area contributed by atoms with E-state index in [-0.39, 0.29) is 18.3 Å². The minimum atomic E-state index is -0.699. The van der Waals surface area contributed by atoms with E-state index >= 15 is 0 Å². The van der Waals surface area contributed by atoms with Crippen LogP contribution in [0.15, 0.2) is 0 Å². The summed E-state index contributed by atoms with van der Waals surface area (Å²) in [7, 11) is 0. The Morgan fingerprint density at radius 1 is 1.21 bits per heavy atom. The molecule has 3 N–H and O–H groups in total. The summed E-state index contributed by atoms with van der Waals surface area (Å²) in [6.07, 6.45) is 9.08. The lowest BCUT2D eigenvalue weighted by atomic mass is 9.83. The third-order valence-corrected chi connectivity index (χ3v) is 4.17. The van der Waals surface area contributed by atoms with E-state index in [1.54, 1.807) is 0 Å². The Balaban J connectivity index is 0.00000324. The fourth-order valence-corrected chi connectivity index (χ4v) is 2.99. The van der Waals surface area contributed by atoms with E-state index < -0.39 is 5.54 Å². The van der Waals surface area contributed by atoms with E-state index in [1.807, 2.05) is 6.92 Å². The van der Waals surface area contributed by atoms with Gasteiger partial charge in [-0.2, -0.15) is 0 Å². The highest BCUT2D eigenvalue weighted by molar-refractivity contribution is 5.86. The highest BCUT2D eigenvalue weighted by Gasteiger charge is 2.30. The number of nitrogens with one attached hydrogen (secondary N) is 1. The molecule has 0 aliphatic heterocycles. The molecule has 19 heavy (non-hydrogen) atoms. The average molecular weight is 291 g/mol. The second-order valence-corrected chi connectivity index (χ2v) is 6.15. The van der Waals surface area contributed by atoms with E-state index in [1.165, 1.54) is 25.7 Å². The maximum Gasteiger partial charge on any atom is 0.240 e. The molecule has 1 fully saturated rings. The lowest BCUT2D eigenvalue weighted by Gasteiger charge is -2.32. The third kappa shape index (κ3) is 6.13. The minimum Gasteiger partial charge on any atom is -0.352 e. The topological polar surface area (TPSA) is 55.1 Å². The predicted molar refractivity (Wildman–Crippen MR) is 83.5 cm³/mol. The fraction of sp³-hybridized carbons (Fsp3) is 0.933. The quantitative estimate of drug-likeness (QED) is 0.788. The van der Waals surface area contributed by atoms with E-state index in [0.717, 1.165) is 31.6 Å². The molecule has 0 bridgehead atoms. The van der Waals surface area contributed by atoms with Gasteiger partial charge in [-0.1, -0.05) is 33.1 Å². The minimum absolute atomic E-state index is 0. The van der Waals surface area contributed by atoms with Gasteiger partial charge in [0.05, 0.1) is 5.54 Å². The molecular weight excluding hydrogens is 260 g/mol. The number of amides is 1. The summed E-state index contributed by atoms with van der Waals surface area (Å²) in [5.74, 6) is 0.909. The molecule has 4 heteroatoms. The van der Waals surface area contributed by atoms with E-state index in [0.29, 0.717) is 6.04 Å². The number of carbonyl (C=O) groups is 1. The number of hydrogen-bond donors (Lipinski definition) is 2. The maximum absolute atomic E-state index is 12.1. The molecule has 3 nitrogen and oxygen atoms in total. The molecule has 0 radical (unpaired) electrons. The first kappa shape index (κ1) is 18.7. The summed E-state index contributed by atoms with van der Waals surface area (Å²) in [6.45, 7) is 6.15. The van der Waals surface area contributed by atoms with Gasteiger partial charge in [0, 0.05) is 6.04 Å². The molecule has 1 amide bonds. The monoisotopic (exact) mass is 290 g/mol. The standard InChI is InChI=1S/C15H30N2O.ClH/c1-4-6-12-7-9-13(10-8-12)17-14(18)15(3,16)11-5-2;/h12-13H,4-11,16H2,1-3H3,(H,17,18);1H. The van der Waals surface area contributed by atoms with Gasteiger partial charge >= 0.3 is 0 Å². The summed E-state index contributed by atoms with van der Waals surface area (Å²) >= 11 is 0. The Hall–Kier alpha value is -0.280. The Labute approximate surface area is 124 Å². The Morgan fingerprint density at radius 3 is 2.26 bits per heavy atom. The molecule has 1 aliphatic carbocycles. The molecule has 0 aromatic rings. The third-order valence-electron chi connectivity index (χ3n) is 4.17. The van der Waals surface area contributed by atoms with Crippen molar-refractivity contribution >= 4 is 18.3 Å². The van der Waals surface area contributed by atoms with Gasteiger partial charge < -0.3 is 11.1 Å². The molecule has 1 atom stereocenters. The van der Waals surface area contributed by atoms with Crippen LogP contribution in [0.3, 0.4) is 0 Å². The number of carbonyl (C=O) groups excluding carboxylic acids is 1. The highest BCUT2D eigenvalue weighted by atomic mass is 35.5. The Morgan fingerprint density at radius 2 is 1.79 bits per heavy atom. The van der Waals surface area contributed by atoms with Crippen molar-refractivity contribution in [1.82, 2.24) is 5.32 Å². The van der Waals surface area contributed by atoms with Crippen molar-refractivity contribution in [3.05, 3.63) is 0 Å². The van der Waals surface area contributed by atoms with Crippen molar-refractivity contribution in [2.45, 2.75) is 83.7 Å². The lowest BCUT2D eigenvalue weighted by molar-refractivity contribution is -0.127. The van der Waals surface area contributed by atoms with Crippen LogP contribution in [-0.4, -0.2) is 17.5 Å². The largest absolute Gasteiger partial charge is 0.352 e. The fourth-order valence-electron chi connectivity index (χ4n) is 2.99. The van der Waals surface area contributed by atoms with Gasteiger partial charge in [-0.05, 0) is 44.9 Å². The van der Waals surface area contributed by atoms with Crippen LogP contribution in [-0.2, 0) is 4.79 Å². The molecule has 1 aliphatic rings. The second-order valence-electron chi connectivity index (χ2n) is 6.15. The summed E-state index contributed by atoms with van der Waals surface area (Å²) in [4.78, 5) is 12.1. The SMILES string of the molecule is CCCC1CCC(NC(=O)C(C)(N)CCC)CC1.Cl. The summed E-state index contributed by atoms with van der Waals surface area (Å²) in [5.41, 5.74) is 5.35. The lowest BCUT2D eigenvalue weighted by Crippen LogP contribution is -2.54. The van der Waals surface area contributed by atoms with Gasteiger partial charge in [-0.25, -0.2) is 0 Å². The van der Waals surface area contributed by atoms with Crippen molar-refractivity contribution in [2.24, 2.45) is 11.7 Å². The van der Waals surface area contributed by atoms with Crippen LogP contribution in [0.25, 0.3) is 0 Å². The van der Waals surface area contributed by atoms with E-state index in [9.17, 15) is 4.79 Å². The van der Waals surface area contributed by atoms with Crippen molar-refractivity contribution < 1.29 is 4.79 Å². The smallest absolute Gasteiger partial charge is 0.240 e. The molecule has 1 rings (SSSR count). The number of nitrogens with two attached hydrogens (primary N) is 1. The van der Waals surface area contributed by atoms with Gasteiger partial charge in [0.15, 0.2) is 0 Å². The zero-order chi connectivity index (χ0) is 13.6. The maximum atomic E-state index is 12.1. The summed E-state index contributed by atoms with van der Waals surface area (Å²) < 4.78 is 0. The van der Waals surface area contributed by atoms with Crippen molar-refractivity contribution in [1.29, 1.82) is 0 Å². The number of rotatable bonds is 6. The van der Waals surface area contributed by atoms with Gasteiger partial charge in [-0.3, -0.25) is 4.79 Å². The molecule has 0 aromatic carbocycles. The average Bonchev–Trinajstić information content (AvgIpc) is 2.32. The van der Waals surface area contributed by atoms with E-state index in [2.05, 4.69) is 19.2 Å². The summed E-state index contributed by atoms with van der Waals surface area (Å²) in [6, 6.07) is 0.352. The zero-order valence-electron chi connectivity index (χ0n) is 12.7. The van der Waals surface area contributed by atoms with Gasteiger partial charge in [0.2, 0.25) is 5.91 Å². The van der Waals surface area contributed by atoms with Crippen LogP contribution in [0.1, 0.15) is 72.1 Å². The predicted octanol–water partition coefficient (Wildman–Crippen LogP) is 3.40. The van der Waals surface area contributed by atoms with Crippen molar-refractivity contribution in [3.8, 4) is 0 Å². The van der Waals surface area contributed by atoms with Crippen LogP contribution in [0, 0.1) is 5.92 Å².